The van der Waals surface area contributed by atoms with Crippen LogP contribution in [0, 0.1) is 5.92 Å². The van der Waals surface area contributed by atoms with Crippen molar-refractivity contribution in [1.82, 2.24) is 10.2 Å². The molecule has 0 atom stereocenters. The van der Waals surface area contributed by atoms with Crippen molar-refractivity contribution in [2.45, 2.75) is 51.4 Å². The van der Waals surface area contributed by atoms with Crippen molar-refractivity contribution in [1.29, 1.82) is 0 Å². The molecule has 0 spiro atoms. The summed E-state index contributed by atoms with van der Waals surface area (Å²) >= 11 is 0. The molecular weight excluding hydrogens is 220 g/mol. The minimum Gasteiger partial charge on any atom is -0.481 e. The SMILES string of the molecule is CC1CCC(c2nnc(CCC(=O)O)o2)CC1. The van der Waals surface area contributed by atoms with Gasteiger partial charge in [0.15, 0.2) is 0 Å². The second kappa shape index (κ2) is 5.29. The Morgan fingerprint density at radius 3 is 2.71 bits per heavy atom. The summed E-state index contributed by atoms with van der Waals surface area (Å²) in [6.45, 7) is 2.27. The fourth-order valence-electron chi connectivity index (χ4n) is 2.25. The van der Waals surface area contributed by atoms with Gasteiger partial charge in [0.25, 0.3) is 0 Å². The van der Waals surface area contributed by atoms with E-state index in [2.05, 4.69) is 17.1 Å². The Bertz CT molecular complexity index is 381. The predicted octanol–water partition coefficient (Wildman–Crippen LogP) is 2.38. The van der Waals surface area contributed by atoms with E-state index in [-0.39, 0.29) is 6.42 Å². The molecule has 0 aliphatic heterocycles. The second-order valence-electron chi connectivity index (χ2n) is 4.88. The lowest BCUT2D eigenvalue weighted by Crippen LogP contribution is -2.11. The largest absolute Gasteiger partial charge is 0.481 e. The molecule has 0 unspecified atom stereocenters. The Balaban J connectivity index is 1.91. The molecule has 0 amide bonds. The molecule has 1 fully saturated rings. The van der Waals surface area contributed by atoms with Gasteiger partial charge in [-0.25, -0.2) is 0 Å². The van der Waals surface area contributed by atoms with E-state index in [1.807, 2.05) is 0 Å². The number of carboxylic acid groups (broad SMARTS) is 1. The van der Waals surface area contributed by atoms with Crippen molar-refractivity contribution in [3.63, 3.8) is 0 Å². The molecule has 0 saturated heterocycles. The van der Waals surface area contributed by atoms with Crippen LogP contribution in [0.3, 0.4) is 0 Å². The van der Waals surface area contributed by atoms with Crippen LogP contribution >= 0.6 is 0 Å². The van der Waals surface area contributed by atoms with E-state index in [1.165, 1.54) is 12.8 Å². The van der Waals surface area contributed by atoms with Gasteiger partial charge in [0.2, 0.25) is 11.8 Å². The Morgan fingerprint density at radius 1 is 1.35 bits per heavy atom. The Kier molecular flexibility index (Phi) is 3.76. The fraction of sp³-hybridized carbons (Fsp3) is 0.750. The van der Waals surface area contributed by atoms with Crippen molar-refractivity contribution >= 4 is 5.97 Å². The van der Waals surface area contributed by atoms with Gasteiger partial charge in [-0.1, -0.05) is 6.92 Å². The van der Waals surface area contributed by atoms with Crippen molar-refractivity contribution in [2.75, 3.05) is 0 Å². The number of carbonyl (C=O) groups is 1. The zero-order valence-corrected chi connectivity index (χ0v) is 10.1. The topological polar surface area (TPSA) is 76.2 Å². The number of carboxylic acids is 1. The van der Waals surface area contributed by atoms with Crippen molar-refractivity contribution < 1.29 is 14.3 Å². The van der Waals surface area contributed by atoms with E-state index in [0.29, 0.717) is 24.1 Å². The summed E-state index contributed by atoms with van der Waals surface area (Å²) in [6.07, 6.45) is 4.98. The van der Waals surface area contributed by atoms with Crippen LogP contribution in [0.4, 0.5) is 0 Å². The molecule has 1 N–H and O–H groups in total. The zero-order valence-electron chi connectivity index (χ0n) is 10.1. The minimum absolute atomic E-state index is 0.0450. The molecule has 0 aromatic carbocycles. The van der Waals surface area contributed by atoms with E-state index < -0.39 is 5.97 Å². The van der Waals surface area contributed by atoms with Gasteiger partial charge in [-0.2, -0.15) is 0 Å². The third kappa shape index (κ3) is 3.28. The lowest BCUT2D eigenvalue weighted by atomic mass is 9.83. The molecule has 2 rings (SSSR count). The number of nitrogens with zero attached hydrogens (tertiary/aromatic N) is 2. The first-order chi connectivity index (χ1) is 8.15. The average molecular weight is 238 g/mol. The van der Waals surface area contributed by atoms with Crippen molar-refractivity contribution in [3.05, 3.63) is 11.8 Å². The standard InChI is InChI=1S/C12H18N2O3/c1-8-2-4-9(5-3-8)12-14-13-10(17-12)6-7-11(15)16/h8-9H,2-7H2,1H3,(H,15,16). The van der Waals surface area contributed by atoms with Crippen molar-refractivity contribution in [3.8, 4) is 0 Å². The molecule has 5 heteroatoms. The Hall–Kier alpha value is -1.39. The molecule has 0 bridgehead atoms. The third-order valence-corrected chi connectivity index (χ3v) is 3.40. The molecule has 1 heterocycles. The molecule has 1 aliphatic carbocycles. The first kappa shape index (κ1) is 12.1. The lowest BCUT2D eigenvalue weighted by molar-refractivity contribution is -0.137. The summed E-state index contributed by atoms with van der Waals surface area (Å²) in [7, 11) is 0. The first-order valence-corrected chi connectivity index (χ1v) is 6.19. The molecule has 1 aliphatic rings. The highest BCUT2D eigenvalue weighted by atomic mass is 16.4. The number of rotatable bonds is 4. The number of aryl methyl sites for hydroxylation is 1. The summed E-state index contributed by atoms with van der Waals surface area (Å²) in [5, 5.41) is 16.5. The van der Waals surface area contributed by atoms with Crippen LogP contribution in [0.1, 0.15) is 56.7 Å². The summed E-state index contributed by atoms with van der Waals surface area (Å²) < 4.78 is 5.52. The summed E-state index contributed by atoms with van der Waals surface area (Å²) in [4.78, 5) is 10.4. The van der Waals surface area contributed by atoms with Gasteiger partial charge < -0.3 is 9.52 Å². The number of hydrogen-bond donors (Lipinski definition) is 1. The van der Waals surface area contributed by atoms with E-state index in [0.717, 1.165) is 18.8 Å². The maximum Gasteiger partial charge on any atom is 0.303 e. The van der Waals surface area contributed by atoms with E-state index in [1.54, 1.807) is 0 Å². The van der Waals surface area contributed by atoms with E-state index in [4.69, 9.17) is 9.52 Å². The fourth-order valence-corrected chi connectivity index (χ4v) is 2.25. The molecule has 1 saturated carbocycles. The van der Waals surface area contributed by atoms with E-state index >= 15 is 0 Å². The summed E-state index contributed by atoms with van der Waals surface area (Å²) in [5.74, 6) is 1.47. The van der Waals surface area contributed by atoms with Crippen LogP contribution < -0.4 is 0 Å². The Labute approximate surface area is 100 Å². The van der Waals surface area contributed by atoms with Gasteiger partial charge in [0.1, 0.15) is 0 Å². The van der Waals surface area contributed by atoms with Crippen LogP contribution in [0.15, 0.2) is 4.42 Å². The smallest absolute Gasteiger partial charge is 0.303 e. The van der Waals surface area contributed by atoms with Gasteiger partial charge >= 0.3 is 5.97 Å². The molecule has 17 heavy (non-hydrogen) atoms. The maximum absolute atomic E-state index is 10.4. The maximum atomic E-state index is 10.4. The van der Waals surface area contributed by atoms with Crippen molar-refractivity contribution in [2.24, 2.45) is 5.92 Å². The lowest BCUT2D eigenvalue weighted by Gasteiger charge is -2.23. The minimum atomic E-state index is -0.837. The van der Waals surface area contributed by atoms with E-state index in [9.17, 15) is 4.79 Å². The van der Waals surface area contributed by atoms with Crippen LogP contribution in [-0.4, -0.2) is 21.3 Å². The number of aromatic nitrogens is 2. The van der Waals surface area contributed by atoms with Crippen LogP contribution in [0.5, 0.6) is 0 Å². The Morgan fingerprint density at radius 2 is 2.06 bits per heavy atom. The highest BCUT2D eigenvalue weighted by molar-refractivity contribution is 5.66. The van der Waals surface area contributed by atoms with Crippen LogP contribution in [0.25, 0.3) is 0 Å². The van der Waals surface area contributed by atoms with Gasteiger partial charge in [0.05, 0.1) is 6.42 Å². The molecule has 0 radical (unpaired) electrons. The monoisotopic (exact) mass is 238 g/mol. The van der Waals surface area contributed by atoms with Gasteiger partial charge in [0, 0.05) is 12.3 Å². The third-order valence-electron chi connectivity index (χ3n) is 3.40. The second-order valence-corrected chi connectivity index (χ2v) is 4.88. The normalized spacial score (nSPS) is 24.8. The number of hydrogen-bond acceptors (Lipinski definition) is 4. The first-order valence-electron chi connectivity index (χ1n) is 6.19. The zero-order chi connectivity index (χ0) is 12.3. The molecule has 5 nitrogen and oxygen atoms in total. The summed E-state index contributed by atoms with van der Waals surface area (Å²) in [5.41, 5.74) is 0. The predicted molar refractivity (Wildman–Crippen MR) is 60.6 cm³/mol. The van der Waals surface area contributed by atoms with Crippen LogP contribution in [0.2, 0.25) is 0 Å². The van der Waals surface area contributed by atoms with Gasteiger partial charge in [-0.3, -0.25) is 4.79 Å². The summed E-state index contributed by atoms with van der Waals surface area (Å²) in [6, 6.07) is 0. The molecule has 1 aromatic rings. The number of aliphatic carboxylic acids is 1. The molecule has 1 aromatic heterocycles. The van der Waals surface area contributed by atoms with Gasteiger partial charge in [-0.15, -0.1) is 10.2 Å². The average Bonchev–Trinajstić information content (AvgIpc) is 2.76. The molecular formula is C12H18N2O3. The molecule has 94 valence electrons. The highest BCUT2D eigenvalue weighted by Crippen LogP contribution is 2.34. The van der Waals surface area contributed by atoms with Crippen LogP contribution in [-0.2, 0) is 11.2 Å². The highest BCUT2D eigenvalue weighted by Gasteiger charge is 2.24. The quantitative estimate of drug-likeness (QED) is 0.871. The van der Waals surface area contributed by atoms with Gasteiger partial charge in [-0.05, 0) is 31.6 Å².